The van der Waals surface area contributed by atoms with E-state index in [-0.39, 0.29) is 17.3 Å². The molecule has 27 heavy (non-hydrogen) atoms. The maximum absolute atomic E-state index is 13.3. The molecule has 3 atom stereocenters. The van der Waals surface area contributed by atoms with Gasteiger partial charge in [-0.3, -0.25) is 0 Å². The molecule has 142 valence electrons. The van der Waals surface area contributed by atoms with Crippen molar-refractivity contribution in [3.05, 3.63) is 65.8 Å². The maximum atomic E-state index is 13.3. The smallest absolute Gasteiger partial charge is 0.123 e. The molecule has 3 nitrogen and oxygen atoms in total. The highest BCUT2D eigenvalue weighted by molar-refractivity contribution is 5.61. The molecule has 1 fully saturated rings. The molecular formula is C23H27FN2O. The van der Waals surface area contributed by atoms with E-state index in [4.69, 9.17) is 0 Å². The molecule has 1 saturated carbocycles. The standard InChI is InChI=1S/C23H27FN2O/c1-3-4-5-21(27)12-17-6-7-18-13-22-16(14-23(17,18)2)15-25-26(22)20-10-8-19(24)9-11-20/h3,8-11,13,15,17,21,27H,1,4-7,12,14H2,2H3/t17-,21+,23-/m1/s1. The van der Waals surface area contributed by atoms with Gasteiger partial charge in [0.2, 0.25) is 0 Å². The molecule has 0 saturated heterocycles. The van der Waals surface area contributed by atoms with Gasteiger partial charge in [0.15, 0.2) is 0 Å². The van der Waals surface area contributed by atoms with Crippen molar-refractivity contribution >= 4 is 6.08 Å². The van der Waals surface area contributed by atoms with Crippen LogP contribution in [0.2, 0.25) is 0 Å². The van der Waals surface area contributed by atoms with Gasteiger partial charge in [-0.1, -0.05) is 18.6 Å². The molecule has 0 spiro atoms. The summed E-state index contributed by atoms with van der Waals surface area (Å²) < 4.78 is 15.2. The molecule has 2 aliphatic rings. The maximum Gasteiger partial charge on any atom is 0.123 e. The highest BCUT2D eigenvalue weighted by atomic mass is 19.1. The molecule has 0 bridgehead atoms. The van der Waals surface area contributed by atoms with Crippen LogP contribution < -0.4 is 0 Å². The summed E-state index contributed by atoms with van der Waals surface area (Å²) in [7, 11) is 0. The molecule has 1 heterocycles. The lowest BCUT2D eigenvalue weighted by Gasteiger charge is -2.37. The number of nitrogens with zero attached hydrogens (tertiary/aromatic N) is 2. The van der Waals surface area contributed by atoms with Gasteiger partial charge in [-0.15, -0.1) is 6.58 Å². The Hall–Kier alpha value is -2.20. The molecule has 0 unspecified atom stereocenters. The van der Waals surface area contributed by atoms with Crippen molar-refractivity contribution in [3.63, 3.8) is 0 Å². The Kier molecular flexibility index (Phi) is 4.77. The first-order valence-corrected chi connectivity index (χ1v) is 9.84. The second-order valence-electron chi connectivity index (χ2n) is 8.20. The number of rotatable bonds is 6. The predicted octanol–water partition coefficient (Wildman–Crippen LogP) is 5.08. The van der Waals surface area contributed by atoms with Gasteiger partial charge in [-0.25, -0.2) is 9.07 Å². The Morgan fingerprint density at radius 3 is 2.93 bits per heavy atom. The van der Waals surface area contributed by atoms with Crippen LogP contribution in [0, 0.1) is 17.2 Å². The van der Waals surface area contributed by atoms with Crippen LogP contribution in [0.15, 0.2) is 48.7 Å². The number of hydrogen-bond acceptors (Lipinski definition) is 2. The highest BCUT2D eigenvalue weighted by Crippen LogP contribution is 2.54. The summed E-state index contributed by atoms with van der Waals surface area (Å²) in [4.78, 5) is 0. The van der Waals surface area contributed by atoms with E-state index in [1.807, 2.05) is 17.0 Å². The Balaban J connectivity index is 1.59. The van der Waals surface area contributed by atoms with Gasteiger partial charge in [0, 0.05) is 0 Å². The summed E-state index contributed by atoms with van der Waals surface area (Å²) in [5.41, 5.74) is 4.78. The Morgan fingerprint density at radius 2 is 2.19 bits per heavy atom. The van der Waals surface area contributed by atoms with Gasteiger partial charge in [0.05, 0.1) is 23.7 Å². The second kappa shape index (κ2) is 7.08. The van der Waals surface area contributed by atoms with Crippen LogP contribution in [0.1, 0.15) is 50.3 Å². The first-order valence-electron chi connectivity index (χ1n) is 9.84. The first kappa shape index (κ1) is 18.2. The SMILES string of the molecule is C=CCC[C@H](O)C[C@H]1CCC2=Cc3c(cnn3-c3ccc(F)cc3)C[C@@]21C. The third-order valence-corrected chi connectivity index (χ3v) is 6.48. The van der Waals surface area contributed by atoms with Crippen LogP contribution in [0.25, 0.3) is 11.8 Å². The molecule has 4 heteroatoms. The van der Waals surface area contributed by atoms with E-state index in [1.54, 1.807) is 12.1 Å². The zero-order valence-electron chi connectivity index (χ0n) is 15.9. The average Bonchev–Trinajstić information content (AvgIpc) is 3.19. The summed E-state index contributed by atoms with van der Waals surface area (Å²) in [5, 5.41) is 15.0. The number of fused-ring (bicyclic) bond motifs is 2. The normalized spacial score (nSPS) is 24.9. The van der Waals surface area contributed by atoms with E-state index < -0.39 is 0 Å². The predicted molar refractivity (Wildman–Crippen MR) is 106 cm³/mol. The third-order valence-electron chi connectivity index (χ3n) is 6.48. The Bertz CT molecular complexity index is 867. The number of benzene rings is 1. The fraction of sp³-hybridized carbons (Fsp3) is 0.435. The summed E-state index contributed by atoms with van der Waals surface area (Å²) in [5.74, 6) is 0.255. The van der Waals surface area contributed by atoms with Gasteiger partial charge in [0.1, 0.15) is 5.82 Å². The number of allylic oxidation sites excluding steroid dienone is 2. The number of aromatic nitrogens is 2. The van der Waals surface area contributed by atoms with Crippen molar-refractivity contribution in [3.8, 4) is 5.69 Å². The zero-order valence-corrected chi connectivity index (χ0v) is 15.9. The summed E-state index contributed by atoms with van der Waals surface area (Å²) in [6.45, 7) is 6.09. The third kappa shape index (κ3) is 3.27. The minimum absolute atomic E-state index is 0.0960. The van der Waals surface area contributed by atoms with E-state index in [1.165, 1.54) is 23.3 Å². The largest absolute Gasteiger partial charge is 0.393 e. The fourth-order valence-electron chi connectivity index (χ4n) is 4.86. The zero-order chi connectivity index (χ0) is 19.0. The summed E-state index contributed by atoms with van der Waals surface area (Å²) >= 11 is 0. The van der Waals surface area contributed by atoms with E-state index in [0.29, 0.717) is 5.92 Å². The van der Waals surface area contributed by atoms with Crippen LogP contribution in [0.5, 0.6) is 0 Å². The first-order chi connectivity index (χ1) is 13.0. The minimum Gasteiger partial charge on any atom is -0.393 e. The van der Waals surface area contributed by atoms with Crippen molar-refractivity contribution in [2.24, 2.45) is 11.3 Å². The molecular weight excluding hydrogens is 339 g/mol. The Labute approximate surface area is 160 Å². The number of hydrogen-bond donors (Lipinski definition) is 1. The van der Waals surface area contributed by atoms with Gasteiger partial charge in [-0.05, 0) is 85.8 Å². The van der Waals surface area contributed by atoms with Gasteiger partial charge >= 0.3 is 0 Å². The Morgan fingerprint density at radius 1 is 1.41 bits per heavy atom. The fourth-order valence-corrected chi connectivity index (χ4v) is 4.86. The molecule has 0 amide bonds. The molecule has 0 aliphatic heterocycles. The number of aliphatic hydroxyl groups is 1. The van der Waals surface area contributed by atoms with E-state index in [2.05, 4.69) is 24.7 Å². The molecule has 0 radical (unpaired) electrons. The quantitative estimate of drug-likeness (QED) is 0.724. The molecule has 4 rings (SSSR count). The van der Waals surface area contributed by atoms with Crippen LogP contribution in [0.4, 0.5) is 4.39 Å². The van der Waals surface area contributed by atoms with Gasteiger partial charge in [-0.2, -0.15) is 5.10 Å². The van der Waals surface area contributed by atoms with Gasteiger partial charge < -0.3 is 5.11 Å². The van der Waals surface area contributed by atoms with Crippen LogP contribution in [-0.2, 0) is 6.42 Å². The van der Waals surface area contributed by atoms with Gasteiger partial charge in [0.25, 0.3) is 0 Å². The lowest BCUT2D eigenvalue weighted by Crippen LogP contribution is -2.31. The van der Waals surface area contributed by atoms with Crippen LogP contribution >= 0.6 is 0 Å². The monoisotopic (exact) mass is 366 g/mol. The summed E-state index contributed by atoms with van der Waals surface area (Å²) in [6.07, 6.45) is 11.5. The van der Waals surface area contributed by atoms with E-state index in [0.717, 1.165) is 49.9 Å². The molecule has 1 N–H and O–H groups in total. The average molecular weight is 366 g/mol. The van der Waals surface area contributed by atoms with Crippen molar-refractivity contribution in [2.45, 2.75) is 51.6 Å². The lowest BCUT2D eigenvalue weighted by atomic mass is 9.68. The number of halogens is 1. The van der Waals surface area contributed by atoms with Crippen LogP contribution in [0.3, 0.4) is 0 Å². The molecule has 1 aromatic carbocycles. The molecule has 1 aromatic heterocycles. The number of aliphatic hydroxyl groups excluding tert-OH is 1. The van der Waals surface area contributed by atoms with Crippen molar-refractivity contribution in [1.29, 1.82) is 0 Å². The summed E-state index contributed by atoms with van der Waals surface area (Å²) in [6, 6.07) is 6.48. The topological polar surface area (TPSA) is 38.1 Å². The lowest BCUT2D eigenvalue weighted by molar-refractivity contribution is 0.106. The van der Waals surface area contributed by atoms with Crippen molar-refractivity contribution in [1.82, 2.24) is 9.78 Å². The van der Waals surface area contributed by atoms with E-state index in [9.17, 15) is 9.50 Å². The molecule has 2 aromatic rings. The minimum atomic E-state index is -0.257. The molecule has 2 aliphatic carbocycles. The van der Waals surface area contributed by atoms with E-state index >= 15 is 0 Å². The van der Waals surface area contributed by atoms with Crippen molar-refractivity contribution < 1.29 is 9.50 Å². The highest BCUT2D eigenvalue weighted by Gasteiger charge is 2.45. The second-order valence-corrected chi connectivity index (χ2v) is 8.20. The van der Waals surface area contributed by atoms with Crippen LogP contribution in [-0.4, -0.2) is 21.0 Å². The van der Waals surface area contributed by atoms with Crippen molar-refractivity contribution in [2.75, 3.05) is 0 Å².